The lowest BCUT2D eigenvalue weighted by atomic mass is 10.1. The summed E-state index contributed by atoms with van der Waals surface area (Å²) in [4.78, 5) is 18.7. The fraction of sp³-hybridized carbons (Fsp3) is 0.125. The molecule has 0 fully saturated rings. The van der Waals surface area contributed by atoms with E-state index in [9.17, 15) is 4.79 Å². The number of amides is 1. The predicted octanol–water partition coefficient (Wildman–Crippen LogP) is -0.179. The van der Waals surface area contributed by atoms with Gasteiger partial charge in [0.1, 0.15) is 5.70 Å². The number of rotatable bonds is 1. The van der Waals surface area contributed by atoms with Gasteiger partial charge in [0, 0.05) is 11.8 Å². The topological polar surface area (TPSA) is 67.8 Å². The Balaban J connectivity index is 2.40. The van der Waals surface area contributed by atoms with E-state index in [1.165, 1.54) is 0 Å². The Morgan fingerprint density at radius 1 is 1.58 bits per heavy atom. The van der Waals surface area contributed by atoms with Crippen molar-refractivity contribution in [2.24, 2.45) is 15.7 Å². The van der Waals surface area contributed by atoms with Gasteiger partial charge in [-0.05, 0) is 6.08 Å². The summed E-state index contributed by atoms with van der Waals surface area (Å²) in [6.45, 7) is 0.650. The molecule has 0 aromatic heterocycles. The molecule has 0 spiro atoms. The van der Waals surface area contributed by atoms with E-state index in [2.05, 4.69) is 9.98 Å². The Morgan fingerprint density at radius 3 is 3.08 bits per heavy atom. The van der Waals surface area contributed by atoms with Gasteiger partial charge in [0.15, 0.2) is 0 Å². The van der Waals surface area contributed by atoms with Gasteiger partial charge in [-0.15, -0.1) is 0 Å². The van der Waals surface area contributed by atoms with Gasteiger partial charge in [0.05, 0.1) is 12.3 Å². The van der Waals surface area contributed by atoms with E-state index in [-0.39, 0.29) is 0 Å². The SMILES string of the molecule is NC(=O)C1=CC2=CCN=CC2=N1. The lowest BCUT2D eigenvalue weighted by Gasteiger charge is -1.99. The number of primary amides is 1. The molecule has 0 atom stereocenters. The van der Waals surface area contributed by atoms with Crippen LogP contribution in [0.4, 0.5) is 0 Å². The quantitative estimate of drug-likeness (QED) is 0.569. The normalized spacial score (nSPS) is 19.5. The van der Waals surface area contributed by atoms with Gasteiger partial charge in [-0.1, -0.05) is 6.08 Å². The Morgan fingerprint density at radius 2 is 2.42 bits per heavy atom. The van der Waals surface area contributed by atoms with E-state index < -0.39 is 5.91 Å². The zero-order valence-electron chi connectivity index (χ0n) is 6.32. The molecule has 0 bridgehead atoms. The highest BCUT2D eigenvalue weighted by Crippen LogP contribution is 2.16. The van der Waals surface area contributed by atoms with Crippen molar-refractivity contribution in [1.29, 1.82) is 0 Å². The Kier molecular flexibility index (Phi) is 1.40. The number of nitrogens with two attached hydrogens (primary N) is 1. The third-order valence-electron chi connectivity index (χ3n) is 1.71. The molecule has 2 aliphatic rings. The average molecular weight is 161 g/mol. The van der Waals surface area contributed by atoms with Crippen molar-refractivity contribution in [2.75, 3.05) is 6.54 Å². The Hall–Kier alpha value is -1.71. The summed E-state index contributed by atoms with van der Waals surface area (Å²) in [5.41, 5.74) is 7.05. The van der Waals surface area contributed by atoms with Crippen LogP contribution in [0.3, 0.4) is 0 Å². The molecule has 12 heavy (non-hydrogen) atoms. The molecular weight excluding hydrogens is 154 g/mol. The minimum Gasteiger partial charge on any atom is -0.364 e. The highest BCUT2D eigenvalue weighted by Gasteiger charge is 2.17. The van der Waals surface area contributed by atoms with E-state index in [0.29, 0.717) is 12.2 Å². The summed E-state index contributed by atoms with van der Waals surface area (Å²) in [5, 5.41) is 0. The van der Waals surface area contributed by atoms with Crippen LogP contribution in [0.1, 0.15) is 0 Å². The summed E-state index contributed by atoms with van der Waals surface area (Å²) in [5.74, 6) is -0.494. The molecule has 4 nitrogen and oxygen atoms in total. The number of nitrogens with zero attached hydrogens (tertiary/aromatic N) is 2. The summed E-state index contributed by atoms with van der Waals surface area (Å²) in [7, 11) is 0. The zero-order chi connectivity index (χ0) is 8.55. The first kappa shape index (κ1) is 6.97. The Labute approximate surface area is 69.2 Å². The van der Waals surface area contributed by atoms with Crippen molar-refractivity contribution in [1.82, 2.24) is 0 Å². The van der Waals surface area contributed by atoms with E-state index in [4.69, 9.17) is 5.73 Å². The van der Waals surface area contributed by atoms with Crippen molar-refractivity contribution in [3.63, 3.8) is 0 Å². The van der Waals surface area contributed by atoms with Crippen LogP contribution in [0.25, 0.3) is 0 Å². The lowest BCUT2D eigenvalue weighted by molar-refractivity contribution is -0.114. The average Bonchev–Trinajstić information content (AvgIpc) is 2.46. The van der Waals surface area contributed by atoms with Crippen LogP contribution in [0.2, 0.25) is 0 Å². The molecule has 0 unspecified atom stereocenters. The number of carbonyl (C=O) groups is 1. The summed E-state index contributed by atoms with van der Waals surface area (Å²) in [6.07, 6.45) is 5.25. The van der Waals surface area contributed by atoms with Crippen molar-refractivity contribution >= 4 is 17.8 Å². The first-order valence-corrected chi connectivity index (χ1v) is 3.58. The summed E-state index contributed by atoms with van der Waals surface area (Å²) < 4.78 is 0. The minimum atomic E-state index is -0.494. The first-order valence-electron chi connectivity index (χ1n) is 3.58. The molecule has 2 N–H and O–H groups in total. The minimum absolute atomic E-state index is 0.310. The van der Waals surface area contributed by atoms with Crippen LogP contribution < -0.4 is 5.73 Å². The molecule has 2 aliphatic heterocycles. The molecule has 2 heterocycles. The van der Waals surface area contributed by atoms with Crippen LogP contribution in [0, 0.1) is 0 Å². The highest BCUT2D eigenvalue weighted by molar-refractivity contribution is 6.41. The molecular formula is C8H7N3O. The smallest absolute Gasteiger partial charge is 0.267 e. The molecule has 0 radical (unpaired) electrons. The van der Waals surface area contributed by atoms with Crippen molar-refractivity contribution in [2.45, 2.75) is 0 Å². The van der Waals surface area contributed by atoms with Gasteiger partial charge in [0.25, 0.3) is 5.91 Å². The third kappa shape index (κ3) is 0.972. The van der Waals surface area contributed by atoms with Gasteiger partial charge >= 0.3 is 0 Å². The van der Waals surface area contributed by atoms with E-state index >= 15 is 0 Å². The zero-order valence-corrected chi connectivity index (χ0v) is 6.32. The van der Waals surface area contributed by atoms with Crippen molar-refractivity contribution in [3.8, 4) is 0 Å². The molecule has 0 saturated carbocycles. The molecule has 0 saturated heterocycles. The number of aliphatic imine (C=N–C) groups is 2. The van der Waals surface area contributed by atoms with Gasteiger partial charge in [-0.2, -0.15) is 0 Å². The lowest BCUT2D eigenvalue weighted by Crippen LogP contribution is -2.11. The summed E-state index contributed by atoms with van der Waals surface area (Å²) >= 11 is 0. The number of hydrogen-bond acceptors (Lipinski definition) is 3. The molecule has 2 rings (SSSR count). The number of hydrogen-bond donors (Lipinski definition) is 1. The van der Waals surface area contributed by atoms with Gasteiger partial charge in [-0.3, -0.25) is 9.79 Å². The van der Waals surface area contributed by atoms with Crippen molar-refractivity contribution < 1.29 is 4.79 Å². The molecule has 0 aliphatic carbocycles. The van der Waals surface area contributed by atoms with Crippen molar-refractivity contribution in [3.05, 3.63) is 23.4 Å². The standard InChI is InChI=1S/C8H7N3O/c9-8(12)6-3-5-1-2-10-4-7(5)11-6/h1,3-4H,2H2,(H2,9,12). The summed E-state index contributed by atoms with van der Waals surface area (Å²) in [6, 6.07) is 0. The van der Waals surface area contributed by atoms with Crippen LogP contribution in [0.5, 0.6) is 0 Å². The first-order chi connectivity index (χ1) is 5.77. The number of fused-ring (bicyclic) bond motifs is 1. The molecule has 4 heteroatoms. The maximum atomic E-state index is 10.7. The predicted molar refractivity (Wildman–Crippen MR) is 46.2 cm³/mol. The van der Waals surface area contributed by atoms with Gasteiger partial charge in [0.2, 0.25) is 0 Å². The fourth-order valence-electron chi connectivity index (χ4n) is 1.13. The van der Waals surface area contributed by atoms with Crippen LogP contribution in [-0.4, -0.2) is 24.4 Å². The molecule has 0 aromatic rings. The second-order valence-corrected chi connectivity index (χ2v) is 2.54. The fourth-order valence-corrected chi connectivity index (χ4v) is 1.13. The number of dihydropyridines is 1. The van der Waals surface area contributed by atoms with E-state index in [1.807, 2.05) is 6.08 Å². The van der Waals surface area contributed by atoms with Crippen LogP contribution in [0.15, 0.2) is 33.4 Å². The second-order valence-electron chi connectivity index (χ2n) is 2.54. The highest BCUT2D eigenvalue weighted by atomic mass is 16.1. The van der Waals surface area contributed by atoms with Gasteiger partial charge < -0.3 is 5.73 Å². The van der Waals surface area contributed by atoms with E-state index in [0.717, 1.165) is 11.3 Å². The maximum Gasteiger partial charge on any atom is 0.267 e. The van der Waals surface area contributed by atoms with Crippen LogP contribution in [-0.2, 0) is 4.79 Å². The molecule has 1 amide bonds. The van der Waals surface area contributed by atoms with E-state index in [1.54, 1.807) is 12.3 Å². The largest absolute Gasteiger partial charge is 0.364 e. The second kappa shape index (κ2) is 2.41. The number of carbonyl (C=O) groups excluding carboxylic acids is 1. The molecule has 60 valence electrons. The number of allylic oxidation sites excluding steroid dienone is 2. The maximum absolute atomic E-state index is 10.7. The van der Waals surface area contributed by atoms with Crippen LogP contribution >= 0.6 is 0 Å². The third-order valence-corrected chi connectivity index (χ3v) is 1.71. The van der Waals surface area contributed by atoms with Gasteiger partial charge in [-0.25, -0.2) is 4.99 Å². The monoisotopic (exact) mass is 161 g/mol. The molecule has 0 aromatic carbocycles. The Bertz CT molecular complexity index is 360.